The van der Waals surface area contributed by atoms with Gasteiger partial charge in [0.25, 0.3) is 5.91 Å². The van der Waals surface area contributed by atoms with E-state index in [0.29, 0.717) is 18.7 Å². The summed E-state index contributed by atoms with van der Waals surface area (Å²) < 4.78 is 33.6. The van der Waals surface area contributed by atoms with E-state index >= 15 is 0 Å². The molecule has 1 atom stereocenters. The number of hydrogen-bond donors (Lipinski definition) is 0. The van der Waals surface area contributed by atoms with Crippen molar-refractivity contribution >= 4 is 23.2 Å². The Labute approximate surface area is 207 Å². The van der Waals surface area contributed by atoms with Crippen molar-refractivity contribution in [2.24, 2.45) is 0 Å². The van der Waals surface area contributed by atoms with Crippen LogP contribution in [0.15, 0.2) is 60.0 Å². The second kappa shape index (κ2) is 10.2. The molecule has 0 unspecified atom stereocenters. The number of carbonyl (C=O) groups is 2. The highest BCUT2D eigenvalue weighted by atomic mass is 32.1. The van der Waals surface area contributed by atoms with Gasteiger partial charge < -0.3 is 14.5 Å². The number of amides is 2. The summed E-state index contributed by atoms with van der Waals surface area (Å²) >= 11 is 1.64. The highest BCUT2D eigenvalue weighted by Crippen LogP contribution is 2.34. The van der Waals surface area contributed by atoms with E-state index in [4.69, 9.17) is 4.74 Å². The molecule has 0 aliphatic carbocycles. The lowest BCUT2D eigenvalue weighted by molar-refractivity contribution is -0.136. The third-order valence-corrected chi connectivity index (χ3v) is 7.09. The molecular weight excluding hydrogens is 470 g/mol. The summed E-state index contributed by atoms with van der Waals surface area (Å²) in [7, 11) is 0. The molecule has 8 heteroatoms. The van der Waals surface area contributed by atoms with E-state index in [1.165, 1.54) is 40.1 Å². The molecule has 1 aliphatic rings. The Bertz CT molecular complexity index is 1200. The van der Waals surface area contributed by atoms with Crippen LogP contribution in [0.3, 0.4) is 0 Å². The van der Waals surface area contributed by atoms with Crippen LogP contribution < -0.4 is 4.74 Å². The second-order valence-corrected chi connectivity index (χ2v) is 10.5. The van der Waals surface area contributed by atoms with Crippen molar-refractivity contribution in [3.8, 4) is 5.75 Å². The number of benzene rings is 2. The first-order valence-corrected chi connectivity index (χ1v) is 12.3. The zero-order valence-electron chi connectivity index (χ0n) is 20.0. The van der Waals surface area contributed by atoms with Gasteiger partial charge >= 0.3 is 0 Å². The third-order valence-electron chi connectivity index (χ3n) is 6.09. The summed E-state index contributed by atoms with van der Waals surface area (Å²) in [5.74, 6) is -1.24. The Morgan fingerprint density at radius 3 is 2.49 bits per heavy atom. The maximum atomic E-state index is 14.4. The van der Waals surface area contributed by atoms with E-state index in [2.05, 4.69) is 0 Å². The summed E-state index contributed by atoms with van der Waals surface area (Å²) in [4.78, 5) is 31.2. The fourth-order valence-corrected chi connectivity index (χ4v) is 5.13. The highest BCUT2D eigenvalue weighted by Gasteiger charge is 2.36. The van der Waals surface area contributed by atoms with Crippen molar-refractivity contribution < 1.29 is 23.1 Å². The molecule has 0 saturated carbocycles. The minimum atomic E-state index is -0.710. The summed E-state index contributed by atoms with van der Waals surface area (Å²) in [6, 6.07) is 13.2. The van der Waals surface area contributed by atoms with Gasteiger partial charge in [-0.15, -0.1) is 11.3 Å². The van der Waals surface area contributed by atoms with Crippen LogP contribution in [-0.4, -0.2) is 46.8 Å². The smallest absolute Gasteiger partial charge is 0.257 e. The van der Waals surface area contributed by atoms with Gasteiger partial charge in [0.05, 0.1) is 11.6 Å². The first-order valence-electron chi connectivity index (χ1n) is 11.5. The minimum absolute atomic E-state index is 0.0646. The summed E-state index contributed by atoms with van der Waals surface area (Å²) in [6.45, 7) is 5.95. The number of hydrogen-bond acceptors (Lipinski definition) is 4. The molecule has 1 aromatic heterocycles. The van der Waals surface area contributed by atoms with E-state index in [-0.39, 0.29) is 36.5 Å². The molecule has 0 spiro atoms. The topological polar surface area (TPSA) is 49.9 Å². The molecule has 4 rings (SSSR count). The van der Waals surface area contributed by atoms with E-state index in [0.717, 1.165) is 5.56 Å². The average Bonchev–Trinajstić information content (AvgIpc) is 3.30. The van der Waals surface area contributed by atoms with Gasteiger partial charge in [0.15, 0.2) is 0 Å². The van der Waals surface area contributed by atoms with Crippen LogP contribution in [0.4, 0.5) is 8.78 Å². The molecule has 184 valence electrons. The predicted octanol–water partition coefficient (Wildman–Crippen LogP) is 5.47. The number of carbonyl (C=O) groups excluding carboxylic acids is 2. The molecule has 35 heavy (non-hydrogen) atoms. The second-order valence-electron chi connectivity index (χ2n) is 9.46. The number of halogens is 2. The molecule has 0 fully saturated rings. The lowest BCUT2D eigenvalue weighted by Crippen LogP contribution is -2.53. The monoisotopic (exact) mass is 498 g/mol. The van der Waals surface area contributed by atoms with Crippen molar-refractivity contribution in [1.82, 2.24) is 9.80 Å². The van der Waals surface area contributed by atoms with Gasteiger partial charge in [0.1, 0.15) is 30.5 Å². The zero-order valence-corrected chi connectivity index (χ0v) is 20.8. The fourth-order valence-electron chi connectivity index (χ4n) is 4.20. The van der Waals surface area contributed by atoms with Gasteiger partial charge in [0.2, 0.25) is 5.91 Å². The highest BCUT2D eigenvalue weighted by molar-refractivity contribution is 7.10. The number of ether oxygens (including phenoxy) is 1. The van der Waals surface area contributed by atoms with Crippen LogP contribution in [-0.2, 0) is 11.2 Å². The first kappa shape index (κ1) is 24.9. The molecule has 0 N–H and O–H groups in total. The van der Waals surface area contributed by atoms with Gasteiger partial charge in [0, 0.05) is 17.0 Å². The number of fused-ring (bicyclic) bond motifs is 1. The maximum Gasteiger partial charge on any atom is 0.257 e. The first-order chi connectivity index (χ1) is 16.6. The van der Waals surface area contributed by atoms with Crippen LogP contribution >= 0.6 is 11.3 Å². The van der Waals surface area contributed by atoms with Gasteiger partial charge in [-0.1, -0.05) is 12.1 Å². The normalized spacial score (nSPS) is 15.5. The number of nitrogens with zero attached hydrogens (tertiary/aromatic N) is 2. The van der Waals surface area contributed by atoms with Crippen LogP contribution in [0, 0.1) is 11.6 Å². The number of thiophene rings is 1. The molecule has 2 aromatic carbocycles. The Hall–Kier alpha value is -3.26. The van der Waals surface area contributed by atoms with Crippen molar-refractivity contribution in [3.63, 3.8) is 0 Å². The van der Waals surface area contributed by atoms with Gasteiger partial charge in [-0.25, -0.2) is 8.78 Å². The van der Waals surface area contributed by atoms with E-state index in [1.54, 1.807) is 34.4 Å². The summed E-state index contributed by atoms with van der Waals surface area (Å²) in [5, 5.41) is 1.99. The molecule has 2 amide bonds. The molecule has 0 saturated heterocycles. The Morgan fingerprint density at radius 1 is 1.09 bits per heavy atom. The van der Waals surface area contributed by atoms with Crippen molar-refractivity contribution in [1.29, 1.82) is 0 Å². The largest absolute Gasteiger partial charge is 0.491 e. The van der Waals surface area contributed by atoms with E-state index in [9.17, 15) is 18.4 Å². The molecular formula is C27H28F2N2O3S. The number of rotatable bonds is 6. The predicted molar refractivity (Wildman–Crippen MR) is 132 cm³/mol. The van der Waals surface area contributed by atoms with E-state index in [1.807, 2.05) is 32.2 Å². The Kier molecular flexibility index (Phi) is 7.21. The Balaban J connectivity index is 1.57. The molecule has 1 aliphatic heterocycles. The molecule has 2 heterocycles. The Morgan fingerprint density at radius 2 is 1.80 bits per heavy atom. The average molecular weight is 499 g/mol. The van der Waals surface area contributed by atoms with Crippen molar-refractivity contribution in [2.75, 3.05) is 19.7 Å². The lowest BCUT2D eigenvalue weighted by atomic mass is 9.99. The fraction of sp³-hybridized carbons (Fsp3) is 0.333. The van der Waals surface area contributed by atoms with Gasteiger partial charge in [-0.05, 0) is 80.6 Å². The van der Waals surface area contributed by atoms with Crippen molar-refractivity contribution in [2.45, 2.75) is 38.8 Å². The van der Waals surface area contributed by atoms with Crippen LogP contribution in [0.5, 0.6) is 5.75 Å². The molecule has 3 aromatic rings. The summed E-state index contributed by atoms with van der Waals surface area (Å²) in [5.41, 5.74) is 0.239. The summed E-state index contributed by atoms with van der Waals surface area (Å²) in [6.07, 6.45) is 0.711. The lowest BCUT2D eigenvalue weighted by Gasteiger charge is -2.40. The maximum absolute atomic E-state index is 14.4. The minimum Gasteiger partial charge on any atom is -0.491 e. The van der Waals surface area contributed by atoms with Gasteiger partial charge in [-0.3, -0.25) is 9.59 Å². The quantitative estimate of drug-likeness (QED) is 0.453. The molecule has 0 bridgehead atoms. The standard InChI is InChI=1S/C27H28F2N2O3S/c1-27(2,3)31(26(33)20-6-4-5-7-22(20)29)16-25(32)30-14-12-24-21(13-15-35-24)23(30)17-34-19-10-8-18(28)9-11-19/h4-11,13,15,23H,12,14,16-17H2,1-3H3/t23-/m1/s1. The van der Waals surface area contributed by atoms with Crippen LogP contribution in [0.2, 0.25) is 0 Å². The van der Waals surface area contributed by atoms with Crippen molar-refractivity contribution in [3.05, 3.63) is 87.6 Å². The molecule has 5 nitrogen and oxygen atoms in total. The van der Waals surface area contributed by atoms with Gasteiger partial charge in [-0.2, -0.15) is 0 Å². The SMILES string of the molecule is CC(C)(C)N(CC(=O)N1CCc2sccc2[C@H]1COc1ccc(F)cc1)C(=O)c1ccccc1F. The zero-order chi connectivity index (χ0) is 25.2. The van der Waals surface area contributed by atoms with Crippen LogP contribution in [0.1, 0.15) is 47.6 Å². The van der Waals surface area contributed by atoms with Crippen LogP contribution in [0.25, 0.3) is 0 Å². The van der Waals surface area contributed by atoms with E-state index < -0.39 is 17.3 Å². The third kappa shape index (κ3) is 5.53. The molecule has 0 radical (unpaired) electrons.